The maximum Gasteiger partial charge on any atom is 0.191 e. The summed E-state index contributed by atoms with van der Waals surface area (Å²) in [5, 5.41) is 0. The second kappa shape index (κ2) is 7.51. The molecule has 0 radical (unpaired) electrons. The van der Waals surface area contributed by atoms with Crippen LogP contribution in [0.5, 0.6) is 0 Å². The molecular formula is C17H26IN5. The monoisotopic (exact) mass is 427 g/mol. The van der Waals surface area contributed by atoms with E-state index in [0.29, 0.717) is 18.4 Å². The first-order valence-electron chi connectivity index (χ1n) is 8.01. The first-order valence-corrected chi connectivity index (χ1v) is 8.01. The van der Waals surface area contributed by atoms with Crippen LogP contribution in [0.25, 0.3) is 11.0 Å². The summed E-state index contributed by atoms with van der Waals surface area (Å²) >= 11 is 0. The molecule has 6 heteroatoms. The summed E-state index contributed by atoms with van der Waals surface area (Å²) in [6, 6.07) is 6.33. The number of hydrogen-bond donors (Lipinski definition) is 1. The third-order valence-electron chi connectivity index (χ3n) is 4.49. The second-order valence-corrected chi connectivity index (χ2v) is 6.45. The summed E-state index contributed by atoms with van der Waals surface area (Å²) in [6.45, 7) is 6.91. The minimum atomic E-state index is 0. The van der Waals surface area contributed by atoms with Gasteiger partial charge in [0.25, 0.3) is 0 Å². The van der Waals surface area contributed by atoms with Crippen molar-refractivity contribution >= 4 is 41.0 Å². The van der Waals surface area contributed by atoms with Gasteiger partial charge >= 0.3 is 0 Å². The van der Waals surface area contributed by atoms with Gasteiger partial charge in [-0.15, -0.1) is 24.0 Å². The predicted molar refractivity (Wildman–Crippen MR) is 106 cm³/mol. The van der Waals surface area contributed by atoms with E-state index in [1.54, 1.807) is 0 Å². The van der Waals surface area contributed by atoms with Crippen molar-refractivity contribution in [3.05, 3.63) is 29.6 Å². The van der Waals surface area contributed by atoms with Crippen molar-refractivity contribution in [1.29, 1.82) is 0 Å². The number of nitrogens with two attached hydrogens (primary N) is 1. The van der Waals surface area contributed by atoms with E-state index in [4.69, 9.17) is 5.73 Å². The second-order valence-electron chi connectivity index (χ2n) is 6.45. The molecule has 5 nitrogen and oxygen atoms in total. The van der Waals surface area contributed by atoms with Crippen LogP contribution >= 0.6 is 24.0 Å². The molecule has 23 heavy (non-hydrogen) atoms. The lowest BCUT2D eigenvalue weighted by Crippen LogP contribution is -2.43. The molecule has 0 spiro atoms. The molecule has 0 amide bonds. The number of hydrogen-bond acceptors (Lipinski definition) is 2. The highest BCUT2D eigenvalue weighted by Crippen LogP contribution is 2.18. The SMILES string of the molecule is Cc1ccc2c(c1)nc(CN=C(N)N1CCCC(C)C1)n2C.I. The Morgan fingerprint density at radius 1 is 1.43 bits per heavy atom. The van der Waals surface area contributed by atoms with Crippen molar-refractivity contribution in [1.82, 2.24) is 14.5 Å². The molecule has 1 saturated heterocycles. The zero-order chi connectivity index (χ0) is 15.7. The molecule has 0 aliphatic carbocycles. The zero-order valence-corrected chi connectivity index (χ0v) is 16.4. The van der Waals surface area contributed by atoms with E-state index in [1.807, 2.05) is 7.05 Å². The number of fused-ring (bicyclic) bond motifs is 1. The minimum absolute atomic E-state index is 0. The Morgan fingerprint density at radius 2 is 2.22 bits per heavy atom. The number of benzene rings is 1. The van der Waals surface area contributed by atoms with E-state index in [2.05, 4.69) is 51.5 Å². The standard InChI is InChI=1S/C17H25N5.HI/c1-12-6-7-15-14(9-12)20-16(21(15)3)10-19-17(18)22-8-4-5-13(2)11-22;/h6-7,9,13H,4-5,8,10-11H2,1-3H3,(H2,18,19);1H. The summed E-state index contributed by atoms with van der Waals surface area (Å²) in [4.78, 5) is 11.5. The molecule has 1 aromatic heterocycles. The van der Waals surface area contributed by atoms with E-state index >= 15 is 0 Å². The minimum Gasteiger partial charge on any atom is -0.370 e. The fourth-order valence-corrected chi connectivity index (χ4v) is 3.15. The molecule has 1 fully saturated rings. The van der Waals surface area contributed by atoms with Gasteiger partial charge in [-0.2, -0.15) is 0 Å². The fraction of sp³-hybridized carbons (Fsp3) is 0.529. The van der Waals surface area contributed by atoms with Crippen LogP contribution in [0.15, 0.2) is 23.2 Å². The van der Waals surface area contributed by atoms with Crippen LogP contribution in [0.2, 0.25) is 0 Å². The number of imidazole rings is 1. The molecule has 0 saturated carbocycles. The van der Waals surface area contributed by atoms with Crippen molar-refractivity contribution in [2.24, 2.45) is 23.7 Å². The van der Waals surface area contributed by atoms with E-state index in [1.165, 1.54) is 18.4 Å². The van der Waals surface area contributed by atoms with E-state index in [-0.39, 0.29) is 24.0 Å². The summed E-state index contributed by atoms with van der Waals surface area (Å²) in [6.07, 6.45) is 2.48. The summed E-state index contributed by atoms with van der Waals surface area (Å²) in [7, 11) is 2.04. The van der Waals surface area contributed by atoms with Gasteiger partial charge in [0.15, 0.2) is 5.96 Å². The Morgan fingerprint density at radius 3 is 2.96 bits per heavy atom. The average Bonchev–Trinajstić information content (AvgIpc) is 2.80. The highest BCUT2D eigenvalue weighted by Gasteiger charge is 2.17. The lowest BCUT2D eigenvalue weighted by atomic mass is 10.0. The van der Waals surface area contributed by atoms with Gasteiger partial charge in [-0.25, -0.2) is 9.98 Å². The molecule has 1 aromatic carbocycles. The van der Waals surface area contributed by atoms with Gasteiger partial charge in [-0.3, -0.25) is 0 Å². The van der Waals surface area contributed by atoms with Gasteiger partial charge in [0.05, 0.1) is 11.0 Å². The first-order chi connectivity index (χ1) is 10.5. The summed E-state index contributed by atoms with van der Waals surface area (Å²) in [5.74, 6) is 2.30. The number of aliphatic imine (C=N–C) groups is 1. The molecule has 3 rings (SSSR count). The largest absolute Gasteiger partial charge is 0.370 e. The van der Waals surface area contributed by atoms with Gasteiger partial charge in [0.2, 0.25) is 0 Å². The topological polar surface area (TPSA) is 59.4 Å². The van der Waals surface area contributed by atoms with Crippen molar-refractivity contribution < 1.29 is 0 Å². The number of guanidine groups is 1. The fourth-order valence-electron chi connectivity index (χ4n) is 3.15. The Labute approximate surface area is 155 Å². The highest BCUT2D eigenvalue weighted by atomic mass is 127. The quantitative estimate of drug-likeness (QED) is 0.456. The molecule has 1 unspecified atom stereocenters. The normalized spacial score (nSPS) is 19.0. The number of nitrogens with zero attached hydrogens (tertiary/aromatic N) is 4. The number of piperidine rings is 1. The molecule has 2 N–H and O–H groups in total. The van der Waals surface area contributed by atoms with Crippen molar-refractivity contribution in [3.8, 4) is 0 Å². The summed E-state index contributed by atoms with van der Waals surface area (Å²) in [5.41, 5.74) is 9.56. The molecular weight excluding hydrogens is 401 g/mol. The molecule has 0 bridgehead atoms. The Hall–Kier alpha value is -1.31. The lowest BCUT2D eigenvalue weighted by molar-refractivity contribution is 0.270. The Balaban J connectivity index is 0.00000192. The average molecular weight is 427 g/mol. The van der Waals surface area contributed by atoms with Crippen LogP contribution in [0.1, 0.15) is 31.2 Å². The van der Waals surface area contributed by atoms with Crippen LogP contribution in [0, 0.1) is 12.8 Å². The number of likely N-dealkylation sites (tertiary alicyclic amines) is 1. The smallest absolute Gasteiger partial charge is 0.191 e. The van der Waals surface area contributed by atoms with Crippen LogP contribution in [0.4, 0.5) is 0 Å². The zero-order valence-electron chi connectivity index (χ0n) is 14.1. The van der Waals surface area contributed by atoms with E-state index < -0.39 is 0 Å². The molecule has 1 aliphatic heterocycles. The number of aromatic nitrogens is 2. The van der Waals surface area contributed by atoms with Crippen LogP contribution in [-0.4, -0.2) is 33.5 Å². The van der Waals surface area contributed by atoms with Gasteiger partial charge < -0.3 is 15.2 Å². The number of halogens is 1. The van der Waals surface area contributed by atoms with E-state index in [0.717, 1.165) is 29.9 Å². The van der Waals surface area contributed by atoms with Gasteiger partial charge in [0.1, 0.15) is 12.4 Å². The molecule has 126 valence electrons. The maximum absolute atomic E-state index is 6.17. The van der Waals surface area contributed by atoms with Gasteiger partial charge in [-0.05, 0) is 43.4 Å². The number of aryl methyl sites for hydroxylation is 2. The number of rotatable bonds is 2. The third-order valence-corrected chi connectivity index (χ3v) is 4.49. The van der Waals surface area contributed by atoms with Crippen molar-refractivity contribution in [2.75, 3.05) is 13.1 Å². The van der Waals surface area contributed by atoms with Crippen LogP contribution in [-0.2, 0) is 13.6 Å². The Kier molecular flexibility index (Phi) is 5.89. The maximum atomic E-state index is 6.17. The van der Waals surface area contributed by atoms with E-state index in [9.17, 15) is 0 Å². The third kappa shape index (κ3) is 3.97. The van der Waals surface area contributed by atoms with Crippen molar-refractivity contribution in [3.63, 3.8) is 0 Å². The van der Waals surface area contributed by atoms with Crippen LogP contribution < -0.4 is 5.73 Å². The molecule has 1 aliphatic rings. The summed E-state index contributed by atoms with van der Waals surface area (Å²) < 4.78 is 2.10. The predicted octanol–water partition coefficient (Wildman–Crippen LogP) is 3.05. The molecule has 1 atom stereocenters. The Bertz CT molecular complexity index is 706. The highest BCUT2D eigenvalue weighted by molar-refractivity contribution is 14.0. The van der Waals surface area contributed by atoms with Gasteiger partial charge in [0, 0.05) is 20.1 Å². The molecule has 2 heterocycles. The first kappa shape index (κ1) is 18.0. The van der Waals surface area contributed by atoms with Crippen LogP contribution in [0.3, 0.4) is 0 Å². The van der Waals surface area contributed by atoms with Crippen molar-refractivity contribution in [2.45, 2.75) is 33.2 Å². The molecule has 2 aromatic rings. The van der Waals surface area contributed by atoms with Gasteiger partial charge in [-0.1, -0.05) is 13.0 Å². The lowest BCUT2D eigenvalue weighted by Gasteiger charge is -2.31.